The zero-order valence-electron chi connectivity index (χ0n) is 9.64. The molecule has 0 aliphatic rings. The molecular formula is C12H9Cl2N3O2. The van der Waals surface area contributed by atoms with E-state index >= 15 is 0 Å². The van der Waals surface area contributed by atoms with Crippen LogP contribution in [0.5, 0.6) is 5.75 Å². The van der Waals surface area contributed by atoms with Crippen molar-refractivity contribution < 1.29 is 9.53 Å². The Kier molecular flexibility index (Phi) is 4.54. The number of aromatic nitrogens is 2. The lowest BCUT2D eigenvalue weighted by Crippen LogP contribution is -2.21. The van der Waals surface area contributed by atoms with Gasteiger partial charge in [0.15, 0.2) is 6.61 Å². The number of halogens is 2. The number of nitrogens with one attached hydrogen (secondary N) is 1. The second-order valence-electron chi connectivity index (χ2n) is 3.49. The smallest absolute Gasteiger partial charge is 0.264 e. The Labute approximate surface area is 119 Å². The molecule has 0 aliphatic heterocycles. The molecule has 0 bridgehead atoms. The van der Waals surface area contributed by atoms with Crippen molar-refractivity contribution in [2.75, 3.05) is 11.9 Å². The molecule has 7 heteroatoms. The van der Waals surface area contributed by atoms with Gasteiger partial charge in [0, 0.05) is 11.2 Å². The fourth-order valence-electron chi connectivity index (χ4n) is 1.24. The second-order valence-corrected chi connectivity index (χ2v) is 4.32. The maximum Gasteiger partial charge on any atom is 0.264 e. The van der Waals surface area contributed by atoms with E-state index in [9.17, 15) is 4.79 Å². The topological polar surface area (TPSA) is 64.1 Å². The van der Waals surface area contributed by atoms with E-state index in [0.717, 1.165) is 0 Å². The summed E-state index contributed by atoms with van der Waals surface area (Å²) >= 11 is 11.4. The first-order valence-corrected chi connectivity index (χ1v) is 6.06. The zero-order valence-corrected chi connectivity index (χ0v) is 11.1. The molecule has 0 atom stereocenters. The predicted molar refractivity (Wildman–Crippen MR) is 72.6 cm³/mol. The van der Waals surface area contributed by atoms with Gasteiger partial charge in [-0.3, -0.25) is 10.1 Å². The van der Waals surface area contributed by atoms with E-state index < -0.39 is 0 Å². The van der Waals surface area contributed by atoms with Crippen molar-refractivity contribution in [3.05, 3.63) is 46.7 Å². The SMILES string of the molecule is O=C(COc1ccc(Cl)cc1)Nc1nccc(Cl)n1. The normalized spacial score (nSPS) is 10.0. The van der Waals surface area contributed by atoms with Crippen LogP contribution in [0.2, 0.25) is 10.2 Å². The molecule has 98 valence electrons. The van der Waals surface area contributed by atoms with Crippen LogP contribution in [0.3, 0.4) is 0 Å². The van der Waals surface area contributed by atoms with E-state index in [2.05, 4.69) is 15.3 Å². The van der Waals surface area contributed by atoms with Gasteiger partial charge in [-0.1, -0.05) is 23.2 Å². The Balaban J connectivity index is 1.86. The fraction of sp³-hybridized carbons (Fsp3) is 0.0833. The summed E-state index contributed by atoms with van der Waals surface area (Å²) in [5.41, 5.74) is 0. The molecule has 0 saturated carbocycles. The molecule has 1 aromatic heterocycles. The van der Waals surface area contributed by atoms with E-state index in [1.54, 1.807) is 24.3 Å². The largest absolute Gasteiger partial charge is 0.484 e. The molecule has 19 heavy (non-hydrogen) atoms. The fourth-order valence-corrected chi connectivity index (χ4v) is 1.50. The summed E-state index contributed by atoms with van der Waals surface area (Å²) in [6, 6.07) is 8.21. The minimum absolute atomic E-state index is 0.136. The van der Waals surface area contributed by atoms with Gasteiger partial charge in [0.2, 0.25) is 5.95 Å². The predicted octanol–water partition coefficient (Wildman–Crippen LogP) is 2.80. The van der Waals surface area contributed by atoms with Crippen molar-refractivity contribution >= 4 is 35.1 Å². The van der Waals surface area contributed by atoms with Gasteiger partial charge in [0.05, 0.1) is 0 Å². The van der Waals surface area contributed by atoms with Crippen molar-refractivity contribution in [3.8, 4) is 5.75 Å². The molecule has 2 rings (SSSR count). The highest BCUT2D eigenvalue weighted by atomic mass is 35.5. The lowest BCUT2D eigenvalue weighted by molar-refractivity contribution is -0.118. The molecule has 2 aromatic rings. The third kappa shape index (κ3) is 4.39. The van der Waals surface area contributed by atoms with Crippen molar-refractivity contribution in [3.63, 3.8) is 0 Å². The van der Waals surface area contributed by atoms with Gasteiger partial charge in [-0.05, 0) is 30.3 Å². The Bertz CT molecular complexity index is 575. The van der Waals surface area contributed by atoms with Crippen LogP contribution in [0.25, 0.3) is 0 Å². The number of hydrogen-bond acceptors (Lipinski definition) is 4. The Morgan fingerprint density at radius 2 is 1.95 bits per heavy atom. The average molecular weight is 298 g/mol. The zero-order chi connectivity index (χ0) is 13.7. The first-order chi connectivity index (χ1) is 9.13. The van der Waals surface area contributed by atoms with Crippen LogP contribution >= 0.6 is 23.2 Å². The highest BCUT2D eigenvalue weighted by Crippen LogP contribution is 2.15. The molecule has 1 heterocycles. The lowest BCUT2D eigenvalue weighted by Gasteiger charge is -2.06. The number of benzene rings is 1. The van der Waals surface area contributed by atoms with Gasteiger partial charge in [-0.2, -0.15) is 0 Å². The van der Waals surface area contributed by atoms with Crippen LogP contribution < -0.4 is 10.1 Å². The van der Waals surface area contributed by atoms with Crippen LogP contribution in [-0.2, 0) is 4.79 Å². The lowest BCUT2D eigenvalue weighted by atomic mass is 10.3. The molecular weight excluding hydrogens is 289 g/mol. The van der Waals surface area contributed by atoms with Crippen LogP contribution in [0, 0.1) is 0 Å². The van der Waals surface area contributed by atoms with Gasteiger partial charge in [0.25, 0.3) is 5.91 Å². The quantitative estimate of drug-likeness (QED) is 0.882. The minimum Gasteiger partial charge on any atom is -0.484 e. The third-order valence-electron chi connectivity index (χ3n) is 2.06. The monoisotopic (exact) mass is 297 g/mol. The van der Waals surface area contributed by atoms with E-state index in [-0.39, 0.29) is 23.6 Å². The summed E-state index contributed by atoms with van der Waals surface area (Å²) in [5.74, 6) is 0.306. The molecule has 1 N–H and O–H groups in total. The molecule has 0 aliphatic carbocycles. The van der Waals surface area contributed by atoms with E-state index in [1.807, 2.05) is 0 Å². The number of carbonyl (C=O) groups excluding carboxylic acids is 1. The Hall–Kier alpha value is -1.85. The summed E-state index contributed by atoms with van der Waals surface area (Å²) < 4.78 is 5.27. The number of hydrogen-bond donors (Lipinski definition) is 1. The van der Waals surface area contributed by atoms with Gasteiger partial charge in [-0.15, -0.1) is 0 Å². The average Bonchev–Trinajstić information content (AvgIpc) is 2.38. The van der Waals surface area contributed by atoms with Crippen molar-refractivity contribution in [1.29, 1.82) is 0 Å². The van der Waals surface area contributed by atoms with E-state index in [1.165, 1.54) is 12.3 Å². The molecule has 5 nitrogen and oxygen atoms in total. The first-order valence-electron chi connectivity index (χ1n) is 5.30. The van der Waals surface area contributed by atoms with E-state index in [4.69, 9.17) is 27.9 Å². The molecule has 0 spiro atoms. The van der Waals surface area contributed by atoms with Gasteiger partial charge >= 0.3 is 0 Å². The number of anilines is 1. The maximum atomic E-state index is 11.6. The Morgan fingerprint density at radius 3 is 2.63 bits per heavy atom. The van der Waals surface area contributed by atoms with Crippen LogP contribution in [0.4, 0.5) is 5.95 Å². The molecule has 0 unspecified atom stereocenters. The van der Waals surface area contributed by atoms with E-state index in [0.29, 0.717) is 10.8 Å². The number of ether oxygens (including phenoxy) is 1. The molecule has 1 aromatic carbocycles. The minimum atomic E-state index is -0.378. The van der Waals surface area contributed by atoms with Crippen LogP contribution in [0.15, 0.2) is 36.5 Å². The highest BCUT2D eigenvalue weighted by molar-refractivity contribution is 6.30. The third-order valence-corrected chi connectivity index (χ3v) is 2.52. The van der Waals surface area contributed by atoms with Crippen molar-refractivity contribution in [2.45, 2.75) is 0 Å². The molecule has 0 fully saturated rings. The Morgan fingerprint density at radius 1 is 1.21 bits per heavy atom. The summed E-state index contributed by atoms with van der Waals surface area (Å²) in [6.45, 7) is -0.155. The highest BCUT2D eigenvalue weighted by Gasteiger charge is 2.06. The summed E-state index contributed by atoms with van der Waals surface area (Å²) in [7, 11) is 0. The van der Waals surface area contributed by atoms with Crippen molar-refractivity contribution in [1.82, 2.24) is 9.97 Å². The number of carbonyl (C=O) groups is 1. The molecule has 1 amide bonds. The van der Waals surface area contributed by atoms with Gasteiger partial charge in [-0.25, -0.2) is 9.97 Å². The van der Waals surface area contributed by atoms with Crippen molar-refractivity contribution in [2.24, 2.45) is 0 Å². The number of nitrogens with zero attached hydrogens (tertiary/aromatic N) is 2. The van der Waals surface area contributed by atoms with Gasteiger partial charge in [0.1, 0.15) is 10.9 Å². The molecule has 0 saturated heterocycles. The molecule has 0 radical (unpaired) electrons. The number of amides is 1. The van der Waals surface area contributed by atoms with Crippen LogP contribution in [0.1, 0.15) is 0 Å². The summed E-state index contributed by atoms with van der Waals surface area (Å²) in [5, 5.41) is 3.32. The standard InChI is InChI=1S/C12H9Cl2N3O2/c13-8-1-3-9(4-2-8)19-7-11(18)17-12-15-6-5-10(14)16-12/h1-6H,7H2,(H,15,16,17,18). The first kappa shape index (κ1) is 13.6. The van der Waals surface area contributed by atoms with Gasteiger partial charge < -0.3 is 4.74 Å². The summed E-state index contributed by atoms with van der Waals surface area (Å²) in [4.78, 5) is 19.3. The maximum absolute atomic E-state index is 11.6. The second kappa shape index (κ2) is 6.36. The van der Waals surface area contributed by atoms with Crippen LogP contribution in [-0.4, -0.2) is 22.5 Å². The summed E-state index contributed by atoms with van der Waals surface area (Å²) in [6.07, 6.45) is 1.45. The number of rotatable bonds is 4.